The lowest BCUT2D eigenvalue weighted by Gasteiger charge is -2.18. The van der Waals surface area contributed by atoms with Gasteiger partial charge in [0.2, 0.25) is 0 Å². The van der Waals surface area contributed by atoms with Crippen molar-refractivity contribution < 1.29 is 0 Å². The van der Waals surface area contributed by atoms with Gasteiger partial charge in [-0.15, -0.1) is 6.58 Å². The van der Waals surface area contributed by atoms with Crippen LogP contribution in [-0.2, 0) is 0 Å². The van der Waals surface area contributed by atoms with Gasteiger partial charge in [0.05, 0.1) is 0 Å². The van der Waals surface area contributed by atoms with Gasteiger partial charge >= 0.3 is 0 Å². The van der Waals surface area contributed by atoms with Crippen molar-refractivity contribution in [3.8, 4) is 0 Å². The first-order valence-electron chi connectivity index (χ1n) is 7.19. The molecule has 0 rings (SSSR count). The monoisotopic (exact) mass is 225 g/mol. The van der Waals surface area contributed by atoms with Crippen molar-refractivity contribution in [2.75, 3.05) is 6.54 Å². The average molecular weight is 225 g/mol. The number of hydrogen-bond acceptors (Lipinski definition) is 1. The second-order valence-corrected chi connectivity index (χ2v) is 4.72. The zero-order chi connectivity index (χ0) is 12.1. The van der Waals surface area contributed by atoms with Crippen LogP contribution in [0, 0.1) is 0 Å². The van der Waals surface area contributed by atoms with Crippen LogP contribution in [0.5, 0.6) is 0 Å². The Kier molecular flexibility index (Phi) is 12.5. The van der Waals surface area contributed by atoms with Crippen molar-refractivity contribution in [3.05, 3.63) is 12.7 Å². The van der Waals surface area contributed by atoms with Gasteiger partial charge in [-0.05, 0) is 25.8 Å². The summed E-state index contributed by atoms with van der Waals surface area (Å²) in [5, 5.41) is 3.67. The Labute approximate surface area is 103 Å². The quantitative estimate of drug-likeness (QED) is 0.375. The Morgan fingerprint density at radius 1 is 1.00 bits per heavy atom. The van der Waals surface area contributed by atoms with Gasteiger partial charge in [0, 0.05) is 6.04 Å². The van der Waals surface area contributed by atoms with Crippen LogP contribution in [0.4, 0.5) is 0 Å². The van der Waals surface area contributed by atoms with Crippen LogP contribution in [-0.4, -0.2) is 12.6 Å². The Balaban J connectivity index is 3.62. The fourth-order valence-corrected chi connectivity index (χ4v) is 2.02. The van der Waals surface area contributed by atoms with Gasteiger partial charge in [0.15, 0.2) is 0 Å². The molecule has 1 heteroatoms. The predicted octanol–water partition coefficient (Wildman–Crippen LogP) is 4.68. The minimum Gasteiger partial charge on any atom is -0.314 e. The number of rotatable bonds is 12. The van der Waals surface area contributed by atoms with E-state index in [4.69, 9.17) is 0 Å². The van der Waals surface area contributed by atoms with Crippen LogP contribution in [0.15, 0.2) is 12.7 Å². The summed E-state index contributed by atoms with van der Waals surface area (Å²) in [7, 11) is 0. The molecular formula is C15H31N. The summed E-state index contributed by atoms with van der Waals surface area (Å²) in [5.41, 5.74) is 0. The first-order valence-corrected chi connectivity index (χ1v) is 7.19. The molecule has 0 bridgehead atoms. The summed E-state index contributed by atoms with van der Waals surface area (Å²) in [6, 6.07) is 0.748. The van der Waals surface area contributed by atoms with Crippen molar-refractivity contribution >= 4 is 0 Å². The molecule has 0 fully saturated rings. The molecule has 0 atom stereocenters. The van der Waals surface area contributed by atoms with Crippen LogP contribution in [0.3, 0.4) is 0 Å². The Bertz CT molecular complexity index is 132. The van der Waals surface area contributed by atoms with Crippen LogP contribution in [0.1, 0.15) is 71.6 Å². The van der Waals surface area contributed by atoms with E-state index in [1.54, 1.807) is 0 Å². The van der Waals surface area contributed by atoms with Crippen LogP contribution in [0.25, 0.3) is 0 Å². The highest BCUT2D eigenvalue weighted by atomic mass is 14.9. The Morgan fingerprint density at radius 3 is 2.00 bits per heavy atom. The third-order valence-electron chi connectivity index (χ3n) is 3.09. The minimum absolute atomic E-state index is 0.748. The summed E-state index contributed by atoms with van der Waals surface area (Å²) in [6.07, 6.45) is 14.0. The van der Waals surface area contributed by atoms with E-state index in [1.807, 2.05) is 6.08 Å². The molecule has 0 unspecified atom stereocenters. The highest BCUT2D eigenvalue weighted by Crippen LogP contribution is 2.10. The lowest BCUT2D eigenvalue weighted by Crippen LogP contribution is -2.29. The zero-order valence-electron chi connectivity index (χ0n) is 11.4. The van der Waals surface area contributed by atoms with Gasteiger partial charge in [-0.2, -0.15) is 0 Å². The molecule has 0 aliphatic rings. The maximum atomic E-state index is 3.77. The second-order valence-electron chi connectivity index (χ2n) is 4.72. The molecule has 0 saturated carbocycles. The van der Waals surface area contributed by atoms with E-state index >= 15 is 0 Å². The molecule has 0 aliphatic heterocycles. The van der Waals surface area contributed by atoms with E-state index in [-0.39, 0.29) is 0 Å². The molecule has 0 saturated heterocycles. The van der Waals surface area contributed by atoms with Crippen molar-refractivity contribution in [2.24, 2.45) is 0 Å². The topological polar surface area (TPSA) is 12.0 Å². The molecule has 0 aromatic heterocycles. The average Bonchev–Trinajstić information content (AvgIpc) is 2.29. The number of hydrogen-bond donors (Lipinski definition) is 1. The largest absolute Gasteiger partial charge is 0.314 e. The second kappa shape index (κ2) is 12.8. The normalized spacial score (nSPS) is 10.9. The van der Waals surface area contributed by atoms with Crippen molar-refractivity contribution in [3.63, 3.8) is 0 Å². The molecule has 0 radical (unpaired) electrons. The summed E-state index contributed by atoms with van der Waals surface area (Å²) < 4.78 is 0. The van der Waals surface area contributed by atoms with Crippen LogP contribution >= 0.6 is 0 Å². The Hall–Kier alpha value is -0.300. The molecule has 0 amide bonds. The smallest absolute Gasteiger partial charge is 0.00671 e. The van der Waals surface area contributed by atoms with Gasteiger partial charge in [-0.25, -0.2) is 0 Å². The van der Waals surface area contributed by atoms with Crippen LogP contribution in [0.2, 0.25) is 0 Å². The molecule has 1 nitrogen and oxygen atoms in total. The van der Waals surface area contributed by atoms with E-state index in [0.717, 1.165) is 19.0 Å². The first-order chi connectivity index (χ1) is 7.85. The lowest BCUT2D eigenvalue weighted by molar-refractivity contribution is 0.422. The standard InChI is InChI=1S/C15H31N/c1-4-7-10-12-15(13-11-8-5-2)16-14-9-6-3/h6,15-16H,3-5,7-14H2,1-2H3. The molecular weight excluding hydrogens is 194 g/mol. The van der Waals surface area contributed by atoms with Crippen molar-refractivity contribution in [1.82, 2.24) is 5.32 Å². The van der Waals surface area contributed by atoms with Crippen molar-refractivity contribution in [2.45, 2.75) is 77.7 Å². The first kappa shape index (κ1) is 15.7. The van der Waals surface area contributed by atoms with Gasteiger partial charge < -0.3 is 5.32 Å². The highest BCUT2D eigenvalue weighted by molar-refractivity contribution is 4.72. The summed E-state index contributed by atoms with van der Waals surface area (Å²) in [5.74, 6) is 0. The predicted molar refractivity (Wildman–Crippen MR) is 74.9 cm³/mol. The molecule has 16 heavy (non-hydrogen) atoms. The zero-order valence-corrected chi connectivity index (χ0v) is 11.4. The summed E-state index contributed by atoms with van der Waals surface area (Å²) in [6.45, 7) is 9.42. The summed E-state index contributed by atoms with van der Waals surface area (Å²) in [4.78, 5) is 0. The van der Waals surface area contributed by atoms with E-state index < -0.39 is 0 Å². The lowest BCUT2D eigenvalue weighted by atomic mass is 10.0. The molecule has 0 aliphatic carbocycles. The third-order valence-corrected chi connectivity index (χ3v) is 3.09. The van der Waals surface area contributed by atoms with E-state index in [0.29, 0.717) is 0 Å². The van der Waals surface area contributed by atoms with Gasteiger partial charge in [0.1, 0.15) is 0 Å². The maximum Gasteiger partial charge on any atom is 0.00671 e. The number of unbranched alkanes of at least 4 members (excludes halogenated alkanes) is 4. The van der Waals surface area contributed by atoms with Gasteiger partial charge in [-0.1, -0.05) is 58.4 Å². The molecule has 0 aromatic rings. The fraction of sp³-hybridized carbons (Fsp3) is 0.867. The Morgan fingerprint density at radius 2 is 1.56 bits per heavy atom. The molecule has 0 heterocycles. The van der Waals surface area contributed by atoms with Crippen molar-refractivity contribution in [1.29, 1.82) is 0 Å². The molecule has 96 valence electrons. The van der Waals surface area contributed by atoms with Gasteiger partial charge in [-0.3, -0.25) is 0 Å². The van der Waals surface area contributed by atoms with E-state index in [1.165, 1.54) is 51.4 Å². The van der Waals surface area contributed by atoms with E-state index in [9.17, 15) is 0 Å². The maximum absolute atomic E-state index is 3.77. The third kappa shape index (κ3) is 10.2. The minimum atomic E-state index is 0.748. The SMILES string of the molecule is C=CCCNC(CCCCC)CCCCC. The van der Waals surface area contributed by atoms with Crippen LogP contribution < -0.4 is 5.32 Å². The van der Waals surface area contributed by atoms with E-state index in [2.05, 4.69) is 25.7 Å². The highest BCUT2D eigenvalue weighted by Gasteiger charge is 2.06. The molecule has 0 aromatic carbocycles. The number of nitrogens with one attached hydrogen (secondary N) is 1. The summed E-state index contributed by atoms with van der Waals surface area (Å²) >= 11 is 0. The fourth-order valence-electron chi connectivity index (χ4n) is 2.02. The molecule has 0 spiro atoms. The van der Waals surface area contributed by atoms with Gasteiger partial charge in [0.25, 0.3) is 0 Å². The molecule has 1 N–H and O–H groups in total.